The number of benzene rings is 1. The van der Waals surface area contributed by atoms with Crippen molar-refractivity contribution in [1.82, 2.24) is 10.6 Å². The summed E-state index contributed by atoms with van der Waals surface area (Å²) in [5.74, 6) is -0.275. The van der Waals surface area contributed by atoms with Gasteiger partial charge in [-0.25, -0.2) is 9.59 Å². The molecule has 4 rings (SSSR count). The quantitative estimate of drug-likeness (QED) is 0.398. The lowest BCUT2D eigenvalue weighted by molar-refractivity contribution is -0.297. The predicted molar refractivity (Wildman–Crippen MR) is 118 cm³/mol. The van der Waals surface area contributed by atoms with E-state index in [1.807, 2.05) is 44.2 Å². The summed E-state index contributed by atoms with van der Waals surface area (Å²) >= 11 is 0. The number of carbonyl (C=O) groups excluding carboxylic acids is 2. The summed E-state index contributed by atoms with van der Waals surface area (Å²) in [4.78, 5) is 24.1. The Morgan fingerprint density at radius 2 is 1.94 bits per heavy atom. The third-order valence-electron chi connectivity index (χ3n) is 7.00. The van der Waals surface area contributed by atoms with Crippen LogP contribution in [0.3, 0.4) is 0 Å². The van der Waals surface area contributed by atoms with E-state index in [1.165, 1.54) is 0 Å². The van der Waals surface area contributed by atoms with Crippen LogP contribution in [0.2, 0.25) is 0 Å². The molecular formula is C23H33N3O8. The number of fused-ring (bicyclic) bond motifs is 1. The van der Waals surface area contributed by atoms with Crippen LogP contribution in [0.1, 0.15) is 25.8 Å². The van der Waals surface area contributed by atoms with Gasteiger partial charge in [0.2, 0.25) is 0 Å². The molecule has 34 heavy (non-hydrogen) atoms. The van der Waals surface area contributed by atoms with Crippen LogP contribution in [0.15, 0.2) is 30.3 Å². The fourth-order valence-corrected chi connectivity index (χ4v) is 4.75. The molecule has 3 aliphatic rings. The van der Waals surface area contributed by atoms with Crippen molar-refractivity contribution >= 4 is 12.2 Å². The number of aliphatic hydroxyl groups is 2. The SMILES string of the molecule is CC1[C@H](O[C@H]2C(NC(=O)OCc3ccccc3)C[C@@H](N)C(O)[C@H]2O)OC2CNC(=O)O[C@@H]2[C@@H]1C. The molecular weight excluding hydrogens is 446 g/mol. The summed E-state index contributed by atoms with van der Waals surface area (Å²) in [7, 11) is 0. The zero-order valence-electron chi connectivity index (χ0n) is 19.2. The van der Waals surface area contributed by atoms with Crippen molar-refractivity contribution in [1.29, 1.82) is 0 Å². The monoisotopic (exact) mass is 479 g/mol. The third kappa shape index (κ3) is 5.28. The van der Waals surface area contributed by atoms with Gasteiger partial charge in [0, 0.05) is 17.9 Å². The van der Waals surface area contributed by atoms with Crippen LogP contribution < -0.4 is 16.4 Å². The third-order valence-corrected chi connectivity index (χ3v) is 7.00. The van der Waals surface area contributed by atoms with Gasteiger partial charge in [-0.2, -0.15) is 0 Å². The van der Waals surface area contributed by atoms with Gasteiger partial charge >= 0.3 is 12.2 Å². The van der Waals surface area contributed by atoms with E-state index in [-0.39, 0.29) is 31.4 Å². The molecule has 188 valence electrons. The molecule has 2 saturated heterocycles. The zero-order valence-corrected chi connectivity index (χ0v) is 19.2. The molecule has 0 spiro atoms. The Balaban J connectivity index is 1.43. The molecule has 0 radical (unpaired) electrons. The number of carbonyl (C=O) groups is 2. The second-order valence-electron chi connectivity index (χ2n) is 9.31. The van der Waals surface area contributed by atoms with Crippen molar-refractivity contribution < 1.29 is 38.7 Å². The lowest BCUT2D eigenvalue weighted by Gasteiger charge is -2.48. The highest BCUT2D eigenvalue weighted by molar-refractivity contribution is 5.68. The first kappa shape index (κ1) is 24.7. The Kier molecular flexibility index (Phi) is 7.58. The molecule has 3 fully saturated rings. The fourth-order valence-electron chi connectivity index (χ4n) is 4.75. The van der Waals surface area contributed by atoms with Crippen molar-refractivity contribution in [2.75, 3.05) is 6.54 Å². The van der Waals surface area contributed by atoms with E-state index < -0.39 is 61.1 Å². The first-order valence-electron chi connectivity index (χ1n) is 11.6. The molecule has 1 aromatic rings. The molecule has 4 unspecified atom stereocenters. The Hall–Kier alpha value is -2.44. The Bertz CT molecular complexity index is 856. The van der Waals surface area contributed by atoms with Crippen LogP contribution >= 0.6 is 0 Å². The zero-order chi connectivity index (χ0) is 24.4. The normalized spacial score (nSPS) is 39.9. The van der Waals surface area contributed by atoms with E-state index in [4.69, 9.17) is 24.7 Å². The minimum atomic E-state index is -1.35. The molecule has 1 aliphatic carbocycles. The van der Waals surface area contributed by atoms with Gasteiger partial charge in [0.15, 0.2) is 6.29 Å². The highest BCUT2D eigenvalue weighted by Crippen LogP contribution is 2.36. The van der Waals surface area contributed by atoms with E-state index in [0.717, 1.165) is 5.56 Å². The largest absolute Gasteiger partial charge is 0.445 e. The fraction of sp³-hybridized carbons (Fsp3) is 0.652. The topological polar surface area (TPSA) is 162 Å². The average Bonchev–Trinajstić information content (AvgIpc) is 2.83. The van der Waals surface area contributed by atoms with Crippen molar-refractivity contribution in [3.63, 3.8) is 0 Å². The number of hydrogen-bond donors (Lipinski definition) is 5. The maximum Gasteiger partial charge on any atom is 0.407 e. The summed E-state index contributed by atoms with van der Waals surface area (Å²) in [6.45, 7) is 4.19. The van der Waals surface area contributed by atoms with E-state index in [1.54, 1.807) is 0 Å². The van der Waals surface area contributed by atoms with Gasteiger partial charge in [-0.3, -0.25) is 0 Å². The van der Waals surface area contributed by atoms with Gasteiger partial charge in [-0.1, -0.05) is 44.2 Å². The van der Waals surface area contributed by atoms with Crippen LogP contribution in [-0.2, 0) is 25.6 Å². The molecule has 10 atom stereocenters. The summed E-state index contributed by atoms with van der Waals surface area (Å²) in [5, 5.41) is 26.5. The Morgan fingerprint density at radius 1 is 1.21 bits per heavy atom. The van der Waals surface area contributed by atoms with E-state index >= 15 is 0 Å². The molecule has 11 nitrogen and oxygen atoms in total. The first-order chi connectivity index (χ1) is 16.2. The highest BCUT2D eigenvalue weighted by Gasteiger charge is 2.50. The molecule has 2 heterocycles. The van der Waals surface area contributed by atoms with Crippen molar-refractivity contribution in [2.24, 2.45) is 17.6 Å². The lowest BCUT2D eigenvalue weighted by Crippen LogP contribution is -2.66. The molecule has 1 saturated carbocycles. The van der Waals surface area contributed by atoms with Gasteiger partial charge in [-0.15, -0.1) is 0 Å². The molecule has 2 amide bonds. The summed E-state index contributed by atoms with van der Waals surface area (Å²) in [5.41, 5.74) is 6.83. The predicted octanol–water partition coefficient (Wildman–Crippen LogP) is 0.225. The Labute approximate surface area is 197 Å². The molecule has 11 heteroatoms. The number of rotatable bonds is 5. The average molecular weight is 480 g/mol. The lowest BCUT2D eigenvalue weighted by atomic mass is 9.82. The molecule has 1 aromatic carbocycles. The van der Waals surface area contributed by atoms with Crippen LogP contribution in [0, 0.1) is 11.8 Å². The van der Waals surface area contributed by atoms with Gasteiger partial charge in [-0.05, 0) is 12.0 Å². The molecule has 0 bridgehead atoms. The number of hydrogen-bond acceptors (Lipinski definition) is 9. The minimum absolute atomic E-state index is 0.0787. The van der Waals surface area contributed by atoms with Gasteiger partial charge in [0.05, 0.1) is 18.7 Å². The number of nitrogens with two attached hydrogens (primary N) is 1. The van der Waals surface area contributed by atoms with Gasteiger partial charge in [0.1, 0.15) is 31.0 Å². The van der Waals surface area contributed by atoms with Crippen molar-refractivity contribution in [2.45, 2.75) is 75.8 Å². The van der Waals surface area contributed by atoms with E-state index in [2.05, 4.69) is 10.6 Å². The first-order valence-corrected chi connectivity index (χ1v) is 11.6. The van der Waals surface area contributed by atoms with E-state index in [9.17, 15) is 19.8 Å². The van der Waals surface area contributed by atoms with Crippen molar-refractivity contribution in [3.8, 4) is 0 Å². The number of nitrogens with one attached hydrogen (secondary N) is 2. The second kappa shape index (κ2) is 10.4. The standard InChI is InChI=1S/C23H33N3O8/c1-11-12(2)21(32-16-9-25-22(29)34-19(11)16)33-20-15(8-14(24)17(27)18(20)28)26-23(30)31-10-13-6-4-3-5-7-13/h3-7,11-12,14-21,27-28H,8-10,24H2,1-2H3,(H,25,29)(H,26,30)/t11-,12?,14-,15?,16?,17?,18-,19-,20+,21+/m1/s1. The maximum atomic E-state index is 12.5. The van der Waals surface area contributed by atoms with Crippen LogP contribution in [-0.4, -0.2) is 77.8 Å². The summed E-state index contributed by atoms with van der Waals surface area (Å²) < 4.78 is 22.9. The molecule has 2 aliphatic heterocycles. The van der Waals surface area contributed by atoms with E-state index in [0.29, 0.717) is 0 Å². The van der Waals surface area contributed by atoms with Gasteiger partial charge in [0.25, 0.3) is 0 Å². The highest BCUT2D eigenvalue weighted by atomic mass is 16.7. The van der Waals surface area contributed by atoms with Crippen LogP contribution in [0.4, 0.5) is 9.59 Å². The molecule has 0 aromatic heterocycles. The number of alkyl carbamates (subject to hydrolysis) is 2. The number of amides is 2. The number of aliphatic hydroxyl groups excluding tert-OH is 2. The number of ether oxygens (including phenoxy) is 4. The molecule has 6 N–H and O–H groups in total. The Morgan fingerprint density at radius 3 is 2.68 bits per heavy atom. The minimum Gasteiger partial charge on any atom is -0.445 e. The van der Waals surface area contributed by atoms with Crippen LogP contribution in [0.25, 0.3) is 0 Å². The maximum absolute atomic E-state index is 12.5. The summed E-state index contributed by atoms with van der Waals surface area (Å²) in [6, 6.07) is 7.75. The van der Waals surface area contributed by atoms with Gasteiger partial charge < -0.3 is 45.5 Å². The van der Waals surface area contributed by atoms with Crippen molar-refractivity contribution in [3.05, 3.63) is 35.9 Å². The summed E-state index contributed by atoms with van der Waals surface area (Å²) in [6.07, 6.45) is -6.18. The second-order valence-corrected chi connectivity index (χ2v) is 9.31. The van der Waals surface area contributed by atoms with Crippen LogP contribution in [0.5, 0.6) is 0 Å². The smallest absolute Gasteiger partial charge is 0.407 e.